The maximum atomic E-state index is 11.0. The molecule has 0 spiro atoms. The Bertz CT molecular complexity index is 214. The molecule has 1 amide bonds. The van der Waals surface area contributed by atoms with Crippen LogP contribution in [0.2, 0.25) is 0 Å². The number of carbonyl (C=O) groups is 1. The van der Waals surface area contributed by atoms with Gasteiger partial charge in [0.1, 0.15) is 0 Å². The maximum Gasteiger partial charge on any atom is 0.224 e. The first-order valence-corrected chi connectivity index (χ1v) is 3.99. The summed E-state index contributed by atoms with van der Waals surface area (Å²) >= 11 is 0. The molecule has 0 aromatic carbocycles. The molecule has 2 nitrogen and oxygen atoms in total. The second kappa shape index (κ2) is 6.40. The molecule has 0 atom stereocenters. The van der Waals surface area contributed by atoms with E-state index in [1.165, 1.54) is 0 Å². The molecule has 1 N–H and O–H groups in total. The molecule has 0 aromatic rings. The molecule has 0 aliphatic rings. The van der Waals surface area contributed by atoms with Gasteiger partial charge in [-0.2, -0.15) is 0 Å². The number of hydrogen-bond donors (Lipinski definition) is 1. The third kappa shape index (κ3) is 4.50. The number of carbonyl (C=O) groups excluding carboxylic acids is 1. The Morgan fingerprint density at radius 1 is 1.58 bits per heavy atom. The lowest BCUT2D eigenvalue weighted by Crippen LogP contribution is -2.20. The summed E-state index contributed by atoms with van der Waals surface area (Å²) in [6, 6.07) is 0. The molecule has 0 aliphatic carbocycles. The van der Waals surface area contributed by atoms with Crippen molar-refractivity contribution in [1.82, 2.24) is 5.32 Å². The average molecular weight is 165 g/mol. The van der Waals surface area contributed by atoms with Crippen LogP contribution in [0, 0.1) is 0 Å². The zero-order valence-corrected chi connectivity index (χ0v) is 7.63. The van der Waals surface area contributed by atoms with E-state index in [1.54, 1.807) is 12.2 Å². The number of rotatable bonds is 4. The minimum Gasteiger partial charge on any atom is -0.326 e. The van der Waals surface area contributed by atoms with Crippen LogP contribution in [0.3, 0.4) is 0 Å². The fraction of sp³-hybridized carbons (Fsp3) is 0.300. The average Bonchev–Trinajstić information content (AvgIpc) is 2.05. The monoisotopic (exact) mass is 165 g/mol. The summed E-state index contributed by atoms with van der Waals surface area (Å²) in [5.41, 5.74) is 0.777. The Labute approximate surface area is 73.7 Å². The van der Waals surface area contributed by atoms with Gasteiger partial charge in [0.25, 0.3) is 0 Å². The van der Waals surface area contributed by atoms with E-state index in [1.807, 2.05) is 26.0 Å². The second-order valence-corrected chi connectivity index (χ2v) is 2.26. The summed E-state index contributed by atoms with van der Waals surface area (Å²) in [6.07, 6.45) is 7.59. The first-order valence-electron chi connectivity index (χ1n) is 3.99. The van der Waals surface area contributed by atoms with Gasteiger partial charge in [0.05, 0.1) is 0 Å². The van der Waals surface area contributed by atoms with Crippen molar-refractivity contribution in [2.75, 3.05) is 0 Å². The standard InChI is InChI=1S/C10H15NO/c1-4-7-9(8-5-2)11-10(12)6-3/h4-5,7-8H,1,6H2,2-3H3,(H,11,12)/b8-5-,9-7+. The van der Waals surface area contributed by atoms with Crippen LogP contribution in [0.4, 0.5) is 0 Å². The van der Waals surface area contributed by atoms with Crippen LogP contribution in [0.5, 0.6) is 0 Å². The highest BCUT2D eigenvalue weighted by Crippen LogP contribution is 1.93. The molecule has 0 saturated heterocycles. The van der Waals surface area contributed by atoms with Crippen molar-refractivity contribution < 1.29 is 4.79 Å². The maximum absolute atomic E-state index is 11.0. The van der Waals surface area contributed by atoms with E-state index in [-0.39, 0.29) is 5.91 Å². The summed E-state index contributed by atoms with van der Waals surface area (Å²) in [7, 11) is 0. The highest BCUT2D eigenvalue weighted by Gasteiger charge is 1.96. The number of hydrogen-bond acceptors (Lipinski definition) is 1. The van der Waals surface area contributed by atoms with E-state index in [2.05, 4.69) is 11.9 Å². The molecule has 0 heterocycles. The van der Waals surface area contributed by atoms with Crippen LogP contribution >= 0.6 is 0 Å². The van der Waals surface area contributed by atoms with E-state index in [0.29, 0.717) is 6.42 Å². The van der Waals surface area contributed by atoms with Gasteiger partial charge in [-0.15, -0.1) is 0 Å². The molecule has 2 heteroatoms. The van der Waals surface area contributed by atoms with E-state index >= 15 is 0 Å². The highest BCUT2D eigenvalue weighted by molar-refractivity contribution is 5.78. The first kappa shape index (κ1) is 10.7. The zero-order valence-electron chi connectivity index (χ0n) is 7.63. The quantitative estimate of drug-likeness (QED) is 0.635. The van der Waals surface area contributed by atoms with Gasteiger partial charge in [-0.05, 0) is 19.1 Å². The summed E-state index contributed by atoms with van der Waals surface area (Å²) in [5, 5.41) is 2.73. The van der Waals surface area contributed by atoms with Crippen LogP contribution < -0.4 is 5.32 Å². The molecular weight excluding hydrogens is 150 g/mol. The fourth-order valence-corrected chi connectivity index (χ4v) is 0.695. The smallest absolute Gasteiger partial charge is 0.224 e. The molecule has 0 radical (unpaired) electrons. The van der Waals surface area contributed by atoms with Gasteiger partial charge in [0.15, 0.2) is 0 Å². The summed E-state index contributed by atoms with van der Waals surface area (Å²) in [6.45, 7) is 7.27. The molecule has 12 heavy (non-hydrogen) atoms. The molecule has 66 valence electrons. The Balaban J connectivity index is 4.23. The fourth-order valence-electron chi connectivity index (χ4n) is 0.695. The van der Waals surface area contributed by atoms with E-state index in [4.69, 9.17) is 0 Å². The SMILES string of the molecule is C=C/C=C(\C=C/C)NC(=O)CC. The molecule has 0 aromatic heterocycles. The van der Waals surface area contributed by atoms with E-state index in [0.717, 1.165) is 5.70 Å². The van der Waals surface area contributed by atoms with E-state index < -0.39 is 0 Å². The van der Waals surface area contributed by atoms with Gasteiger partial charge in [0, 0.05) is 12.1 Å². The first-order chi connectivity index (χ1) is 5.74. The molecule has 0 aliphatic heterocycles. The Kier molecular flexibility index (Phi) is 5.70. The highest BCUT2D eigenvalue weighted by atomic mass is 16.1. The van der Waals surface area contributed by atoms with Crippen molar-refractivity contribution >= 4 is 5.91 Å². The Morgan fingerprint density at radius 2 is 2.25 bits per heavy atom. The zero-order chi connectivity index (χ0) is 9.40. The van der Waals surface area contributed by atoms with Crippen LogP contribution in [0.25, 0.3) is 0 Å². The largest absolute Gasteiger partial charge is 0.326 e. The molecule has 0 unspecified atom stereocenters. The summed E-state index contributed by atoms with van der Waals surface area (Å²) in [5.74, 6) is 0.0150. The van der Waals surface area contributed by atoms with Gasteiger partial charge in [-0.1, -0.05) is 25.7 Å². The van der Waals surface area contributed by atoms with Crippen molar-refractivity contribution in [2.24, 2.45) is 0 Å². The molecule has 0 saturated carbocycles. The predicted octanol–water partition coefficient (Wildman–Crippen LogP) is 2.16. The normalized spacial score (nSPS) is 11.7. The molecular formula is C10H15NO. The van der Waals surface area contributed by atoms with E-state index in [9.17, 15) is 4.79 Å². The lowest BCUT2D eigenvalue weighted by atomic mass is 10.3. The van der Waals surface area contributed by atoms with Crippen LogP contribution in [0.1, 0.15) is 20.3 Å². The second-order valence-electron chi connectivity index (χ2n) is 2.26. The van der Waals surface area contributed by atoms with Crippen molar-refractivity contribution in [2.45, 2.75) is 20.3 Å². The lowest BCUT2D eigenvalue weighted by molar-refractivity contribution is -0.120. The van der Waals surface area contributed by atoms with Gasteiger partial charge < -0.3 is 5.32 Å². The third-order valence-corrected chi connectivity index (χ3v) is 1.25. The third-order valence-electron chi connectivity index (χ3n) is 1.25. The summed E-state index contributed by atoms with van der Waals surface area (Å²) < 4.78 is 0. The molecule has 0 rings (SSSR count). The summed E-state index contributed by atoms with van der Waals surface area (Å²) in [4.78, 5) is 11.0. The molecule has 0 fully saturated rings. The van der Waals surface area contributed by atoms with Crippen molar-refractivity contribution in [1.29, 1.82) is 0 Å². The van der Waals surface area contributed by atoms with Gasteiger partial charge in [-0.3, -0.25) is 4.79 Å². The van der Waals surface area contributed by atoms with Crippen LogP contribution in [-0.4, -0.2) is 5.91 Å². The topological polar surface area (TPSA) is 29.1 Å². The molecule has 0 bridgehead atoms. The minimum atomic E-state index is 0.0150. The Morgan fingerprint density at radius 3 is 2.67 bits per heavy atom. The van der Waals surface area contributed by atoms with Crippen LogP contribution in [0.15, 0.2) is 36.6 Å². The van der Waals surface area contributed by atoms with Gasteiger partial charge in [-0.25, -0.2) is 0 Å². The van der Waals surface area contributed by atoms with Gasteiger partial charge >= 0.3 is 0 Å². The number of allylic oxidation sites excluding steroid dienone is 4. The number of amides is 1. The number of nitrogens with one attached hydrogen (secondary N) is 1. The van der Waals surface area contributed by atoms with Crippen molar-refractivity contribution in [3.63, 3.8) is 0 Å². The van der Waals surface area contributed by atoms with Crippen molar-refractivity contribution in [3.05, 3.63) is 36.6 Å². The van der Waals surface area contributed by atoms with Crippen LogP contribution in [-0.2, 0) is 4.79 Å². The lowest BCUT2D eigenvalue weighted by Gasteiger charge is -2.02. The minimum absolute atomic E-state index is 0.0150. The van der Waals surface area contributed by atoms with Gasteiger partial charge in [0.2, 0.25) is 5.91 Å². The van der Waals surface area contributed by atoms with Crippen molar-refractivity contribution in [3.8, 4) is 0 Å². The predicted molar refractivity (Wildman–Crippen MR) is 51.5 cm³/mol. The Hall–Kier alpha value is -1.31.